The van der Waals surface area contributed by atoms with E-state index in [1.807, 2.05) is 0 Å². The molecule has 1 aliphatic heterocycles. The van der Waals surface area contributed by atoms with E-state index in [0.29, 0.717) is 0 Å². The number of piperazine rings is 1. The summed E-state index contributed by atoms with van der Waals surface area (Å²) in [6, 6.07) is 0. The lowest BCUT2D eigenvalue weighted by Gasteiger charge is -2.42. The molecule has 1 fully saturated rings. The molecule has 0 aliphatic carbocycles. The molecule has 1 N–H and O–H groups in total. The second-order valence-electron chi connectivity index (χ2n) is 4.64. The largest absolute Gasteiger partial charge is 0.352 e. The van der Waals surface area contributed by atoms with Crippen molar-refractivity contribution in [3.63, 3.8) is 0 Å². The van der Waals surface area contributed by atoms with Crippen LogP contribution in [0.25, 0.3) is 0 Å². The highest BCUT2D eigenvalue weighted by Crippen LogP contribution is 2.32. The van der Waals surface area contributed by atoms with Gasteiger partial charge in [0.2, 0.25) is 17.5 Å². The van der Waals surface area contributed by atoms with Crippen LogP contribution >= 0.6 is 0 Å². The maximum Gasteiger partial charge on any atom is 0.253 e. The number of amides is 1. The van der Waals surface area contributed by atoms with Crippen molar-refractivity contribution in [1.82, 2.24) is 10.3 Å². The average molecular weight is 277 g/mol. The van der Waals surface area contributed by atoms with E-state index in [0.717, 1.165) is 4.90 Å². The number of halogens is 4. The Kier molecular flexibility index (Phi) is 3.11. The highest BCUT2D eigenvalue weighted by atomic mass is 19.2. The van der Waals surface area contributed by atoms with Crippen molar-refractivity contribution >= 4 is 11.6 Å². The van der Waals surface area contributed by atoms with Gasteiger partial charge in [0.1, 0.15) is 11.2 Å². The molecule has 0 atom stereocenters. The van der Waals surface area contributed by atoms with Crippen molar-refractivity contribution in [3.05, 3.63) is 23.5 Å². The topological polar surface area (TPSA) is 45.2 Å². The van der Waals surface area contributed by atoms with Gasteiger partial charge in [0.25, 0.3) is 11.9 Å². The molecule has 0 aromatic carbocycles. The fourth-order valence-corrected chi connectivity index (χ4v) is 2.00. The lowest BCUT2D eigenvalue weighted by Crippen LogP contribution is -2.62. The zero-order chi connectivity index (χ0) is 14.4. The van der Waals surface area contributed by atoms with Crippen LogP contribution in [0.15, 0.2) is 0 Å². The SMILES string of the molecule is CC1(C)C(=O)NCCN1c1c(F)c(F)nc(F)c1F. The summed E-state index contributed by atoms with van der Waals surface area (Å²) in [4.78, 5) is 15.2. The summed E-state index contributed by atoms with van der Waals surface area (Å²) >= 11 is 0. The maximum absolute atomic E-state index is 13.7. The van der Waals surface area contributed by atoms with Crippen LogP contribution in [0, 0.1) is 23.5 Å². The normalized spacial score (nSPS) is 18.4. The van der Waals surface area contributed by atoms with Crippen LogP contribution in [-0.4, -0.2) is 29.5 Å². The molecule has 2 rings (SSSR count). The molecular weight excluding hydrogens is 266 g/mol. The average Bonchev–Trinajstić information content (AvgIpc) is 2.32. The molecule has 1 aromatic rings. The molecule has 0 bridgehead atoms. The third-order valence-electron chi connectivity index (χ3n) is 3.10. The molecule has 1 aromatic heterocycles. The van der Waals surface area contributed by atoms with Gasteiger partial charge in [-0.15, -0.1) is 0 Å². The Labute approximate surface area is 106 Å². The first kappa shape index (κ1) is 13.6. The molecule has 19 heavy (non-hydrogen) atoms. The van der Waals surface area contributed by atoms with Crippen molar-refractivity contribution in [1.29, 1.82) is 0 Å². The van der Waals surface area contributed by atoms with Gasteiger partial charge in [-0.3, -0.25) is 4.79 Å². The van der Waals surface area contributed by atoms with Gasteiger partial charge in [-0.2, -0.15) is 22.5 Å². The Morgan fingerprint density at radius 1 is 1.16 bits per heavy atom. The fourth-order valence-electron chi connectivity index (χ4n) is 2.00. The molecule has 104 valence electrons. The fraction of sp³-hybridized carbons (Fsp3) is 0.455. The Morgan fingerprint density at radius 3 is 2.21 bits per heavy atom. The summed E-state index contributed by atoms with van der Waals surface area (Å²) in [6.45, 7) is 2.94. The molecule has 1 aliphatic rings. The van der Waals surface area contributed by atoms with Crippen molar-refractivity contribution in [2.75, 3.05) is 18.0 Å². The molecule has 0 radical (unpaired) electrons. The lowest BCUT2D eigenvalue weighted by atomic mass is 9.98. The van der Waals surface area contributed by atoms with E-state index in [1.165, 1.54) is 13.8 Å². The van der Waals surface area contributed by atoms with E-state index in [4.69, 9.17) is 0 Å². The molecule has 0 spiro atoms. The zero-order valence-electron chi connectivity index (χ0n) is 10.2. The van der Waals surface area contributed by atoms with Gasteiger partial charge in [0, 0.05) is 13.1 Å². The summed E-state index contributed by atoms with van der Waals surface area (Å²) in [7, 11) is 0. The Bertz CT molecular complexity index is 521. The third-order valence-corrected chi connectivity index (χ3v) is 3.10. The number of nitrogens with one attached hydrogen (secondary N) is 1. The van der Waals surface area contributed by atoms with E-state index in [2.05, 4.69) is 10.3 Å². The summed E-state index contributed by atoms with van der Waals surface area (Å²) in [5, 5.41) is 2.51. The molecule has 4 nitrogen and oxygen atoms in total. The zero-order valence-corrected chi connectivity index (χ0v) is 10.2. The van der Waals surface area contributed by atoms with E-state index in [1.54, 1.807) is 0 Å². The van der Waals surface area contributed by atoms with Crippen LogP contribution in [-0.2, 0) is 4.79 Å². The number of pyridine rings is 1. The van der Waals surface area contributed by atoms with Gasteiger partial charge >= 0.3 is 0 Å². The lowest BCUT2D eigenvalue weighted by molar-refractivity contribution is -0.126. The van der Waals surface area contributed by atoms with Crippen LogP contribution in [0.3, 0.4) is 0 Å². The number of hydrogen-bond acceptors (Lipinski definition) is 3. The monoisotopic (exact) mass is 277 g/mol. The molecule has 1 saturated heterocycles. The summed E-state index contributed by atoms with van der Waals surface area (Å²) < 4.78 is 53.6. The number of aromatic nitrogens is 1. The van der Waals surface area contributed by atoms with Gasteiger partial charge in [-0.1, -0.05) is 0 Å². The number of nitrogens with zero attached hydrogens (tertiary/aromatic N) is 2. The highest BCUT2D eigenvalue weighted by Gasteiger charge is 2.41. The first-order valence-electron chi connectivity index (χ1n) is 5.52. The predicted molar refractivity (Wildman–Crippen MR) is 58.5 cm³/mol. The van der Waals surface area contributed by atoms with Crippen LogP contribution in [0.2, 0.25) is 0 Å². The van der Waals surface area contributed by atoms with Crippen molar-refractivity contribution in [2.45, 2.75) is 19.4 Å². The van der Waals surface area contributed by atoms with Crippen LogP contribution < -0.4 is 10.2 Å². The van der Waals surface area contributed by atoms with Gasteiger partial charge in [0.05, 0.1) is 0 Å². The highest BCUT2D eigenvalue weighted by molar-refractivity contribution is 5.90. The third kappa shape index (κ3) is 2.00. The first-order valence-corrected chi connectivity index (χ1v) is 5.52. The smallest absolute Gasteiger partial charge is 0.253 e. The molecule has 0 unspecified atom stereocenters. The Hall–Kier alpha value is -1.86. The minimum Gasteiger partial charge on any atom is -0.352 e. The summed E-state index contributed by atoms with van der Waals surface area (Å²) in [5.74, 6) is -7.19. The molecular formula is C11H11F4N3O. The van der Waals surface area contributed by atoms with Crippen LogP contribution in [0.5, 0.6) is 0 Å². The Balaban J connectivity index is 2.61. The van der Waals surface area contributed by atoms with Crippen molar-refractivity contribution in [2.24, 2.45) is 0 Å². The molecule has 1 amide bonds. The molecule has 0 saturated carbocycles. The van der Waals surface area contributed by atoms with Crippen LogP contribution in [0.4, 0.5) is 23.2 Å². The van der Waals surface area contributed by atoms with Crippen molar-refractivity contribution in [3.8, 4) is 0 Å². The first-order chi connectivity index (χ1) is 8.76. The van der Waals surface area contributed by atoms with E-state index in [9.17, 15) is 22.4 Å². The minimum atomic E-state index is -1.74. The number of carbonyl (C=O) groups excluding carboxylic acids is 1. The number of carbonyl (C=O) groups is 1. The van der Waals surface area contributed by atoms with Gasteiger partial charge in [0.15, 0.2) is 0 Å². The minimum absolute atomic E-state index is 0.0233. The maximum atomic E-state index is 13.7. The number of hydrogen-bond donors (Lipinski definition) is 1. The van der Waals surface area contributed by atoms with Gasteiger partial charge < -0.3 is 10.2 Å². The van der Waals surface area contributed by atoms with E-state index in [-0.39, 0.29) is 13.1 Å². The predicted octanol–water partition coefficient (Wildman–Crippen LogP) is 1.35. The second-order valence-corrected chi connectivity index (χ2v) is 4.64. The molecule has 8 heteroatoms. The van der Waals surface area contributed by atoms with Gasteiger partial charge in [-0.25, -0.2) is 0 Å². The van der Waals surface area contributed by atoms with E-state index < -0.39 is 40.7 Å². The quantitative estimate of drug-likeness (QED) is 0.622. The van der Waals surface area contributed by atoms with Gasteiger partial charge in [-0.05, 0) is 13.8 Å². The molecule has 2 heterocycles. The summed E-state index contributed by atoms with van der Waals surface area (Å²) in [6.07, 6.45) is 0. The summed E-state index contributed by atoms with van der Waals surface area (Å²) in [5.41, 5.74) is -2.25. The standard InChI is InChI=1S/C11H11F4N3O/c1-11(2)10(19)16-3-4-18(11)7-5(12)8(14)17-9(15)6(7)13/h3-4H2,1-2H3,(H,16,19). The second kappa shape index (κ2) is 4.36. The van der Waals surface area contributed by atoms with E-state index >= 15 is 0 Å². The van der Waals surface area contributed by atoms with Crippen LogP contribution in [0.1, 0.15) is 13.8 Å². The number of rotatable bonds is 1. The number of anilines is 1. The van der Waals surface area contributed by atoms with Crippen molar-refractivity contribution < 1.29 is 22.4 Å². The Morgan fingerprint density at radius 2 is 1.68 bits per heavy atom.